The molecular formula is C18H16Br2O5. The predicted octanol–water partition coefficient (Wildman–Crippen LogP) is 4.84. The van der Waals surface area contributed by atoms with Crippen LogP contribution in [-0.2, 0) is 0 Å². The molecule has 7 heteroatoms. The number of phenols is 1. The van der Waals surface area contributed by atoms with Gasteiger partial charge in [0.2, 0.25) is 5.75 Å². The number of carbonyl (C=O) groups excluding carboxylic acids is 1. The number of ketones is 1. The molecule has 2 rings (SSSR count). The molecule has 0 saturated carbocycles. The summed E-state index contributed by atoms with van der Waals surface area (Å²) in [4.78, 5) is 12.4. The number of aromatic hydroxyl groups is 1. The summed E-state index contributed by atoms with van der Waals surface area (Å²) in [5, 5.41) is 10.0. The summed E-state index contributed by atoms with van der Waals surface area (Å²) in [6.45, 7) is 0. The van der Waals surface area contributed by atoms with Crippen LogP contribution in [0.15, 0.2) is 39.3 Å². The van der Waals surface area contributed by atoms with Gasteiger partial charge in [-0.05, 0) is 51.8 Å². The van der Waals surface area contributed by atoms with E-state index in [1.54, 1.807) is 30.3 Å². The molecule has 0 heterocycles. The van der Waals surface area contributed by atoms with Crippen molar-refractivity contribution in [2.75, 3.05) is 21.3 Å². The fourth-order valence-electron chi connectivity index (χ4n) is 2.21. The summed E-state index contributed by atoms with van der Waals surface area (Å²) in [6, 6.07) is 6.67. The molecule has 0 aliphatic heterocycles. The van der Waals surface area contributed by atoms with Crippen LogP contribution in [0.5, 0.6) is 23.0 Å². The van der Waals surface area contributed by atoms with Crippen molar-refractivity contribution in [3.8, 4) is 23.0 Å². The van der Waals surface area contributed by atoms with Crippen LogP contribution in [0.1, 0.15) is 15.9 Å². The minimum absolute atomic E-state index is 0.109. The molecule has 132 valence electrons. The van der Waals surface area contributed by atoms with Crippen molar-refractivity contribution in [3.05, 3.63) is 50.4 Å². The van der Waals surface area contributed by atoms with Crippen molar-refractivity contribution in [2.45, 2.75) is 0 Å². The molecule has 2 aromatic carbocycles. The third-order valence-electron chi connectivity index (χ3n) is 3.41. The minimum Gasteiger partial charge on any atom is -0.506 e. The highest BCUT2D eigenvalue weighted by molar-refractivity contribution is 9.11. The zero-order chi connectivity index (χ0) is 18.6. The number of hydrogen-bond acceptors (Lipinski definition) is 5. The van der Waals surface area contributed by atoms with Crippen molar-refractivity contribution in [1.82, 2.24) is 0 Å². The van der Waals surface area contributed by atoms with Gasteiger partial charge in [0.25, 0.3) is 0 Å². The third kappa shape index (κ3) is 4.35. The van der Waals surface area contributed by atoms with E-state index >= 15 is 0 Å². The second-order valence-corrected chi connectivity index (χ2v) is 6.71. The maximum atomic E-state index is 12.4. The molecule has 0 fully saturated rings. The lowest BCUT2D eigenvalue weighted by Crippen LogP contribution is -1.97. The molecule has 0 amide bonds. The van der Waals surface area contributed by atoms with E-state index in [9.17, 15) is 9.90 Å². The van der Waals surface area contributed by atoms with Crippen LogP contribution in [0, 0.1) is 0 Å². The average molecular weight is 472 g/mol. The first kappa shape index (κ1) is 19.3. The van der Waals surface area contributed by atoms with Crippen molar-refractivity contribution in [3.63, 3.8) is 0 Å². The topological polar surface area (TPSA) is 65.0 Å². The molecule has 0 aromatic heterocycles. The highest BCUT2D eigenvalue weighted by Crippen LogP contribution is 2.38. The van der Waals surface area contributed by atoms with Crippen LogP contribution >= 0.6 is 31.9 Å². The molecule has 0 aliphatic rings. The number of methoxy groups -OCH3 is 3. The first-order valence-corrected chi connectivity index (χ1v) is 8.70. The second-order valence-electron chi connectivity index (χ2n) is 4.94. The average Bonchev–Trinajstić information content (AvgIpc) is 2.61. The zero-order valence-electron chi connectivity index (χ0n) is 13.8. The van der Waals surface area contributed by atoms with E-state index in [1.165, 1.54) is 27.4 Å². The number of phenolic OH excluding ortho intramolecular Hbond substituents is 1. The number of carbonyl (C=O) groups is 1. The van der Waals surface area contributed by atoms with Gasteiger partial charge in [0, 0.05) is 4.47 Å². The Morgan fingerprint density at radius 3 is 2.12 bits per heavy atom. The number of ether oxygens (including phenoxy) is 3. The summed E-state index contributed by atoms with van der Waals surface area (Å²) >= 11 is 6.51. The third-order valence-corrected chi connectivity index (χ3v) is 4.47. The van der Waals surface area contributed by atoms with Gasteiger partial charge in [-0.3, -0.25) is 4.79 Å². The number of halogens is 2. The van der Waals surface area contributed by atoms with Gasteiger partial charge in [-0.25, -0.2) is 0 Å². The molecule has 25 heavy (non-hydrogen) atoms. The number of rotatable bonds is 6. The first-order valence-electron chi connectivity index (χ1n) is 7.11. The summed E-state index contributed by atoms with van der Waals surface area (Å²) in [5.74, 6) is 1.00. The van der Waals surface area contributed by atoms with Gasteiger partial charge in [0.05, 0.1) is 31.4 Å². The van der Waals surface area contributed by atoms with Crippen LogP contribution in [-0.4, -0.2) is 32.2 Å². The van der Waals surface area contributed by atoms with E-state index in [0.29, 0.717) is 31.8 Å². The van der Waals surface area contributed by atoms with Gasteiger partial charge in [-0.15, -0.1) is 0 Å². The van der Waals surface area contributed by atoms with E-state index in [0.717, 1.165) is 0 Å². The molecule has 5 nitrogen and oxygen atoms in total. The molecule has 0 aliphatic carbocycles. The molecule has 0 atom stereocenters. The van der Waals surface area contributed by atoms with Gasteiger partial charge >= 0.3 is 0 Å². The van der Waals surface area contributed by atoms with E-state index in [2.05, 4.69) is 31.9 Å². The summed E-state index contributed by atoms with van der Waals surface area (Å²) in [6.07, 6.45) is 2.98. The van der Waals surface area contributed by atoms with Crippen LogP contribution in [0.3, 0.4) is 0 Å². The Hall–Kier alpha value is -1.99. The molecule has 1 N–H and O–H groups in total. The van der Waals surface area contributed by atoms with Crippen LogP contribution < -0.4 is 14.2 Å². The Labute approximate surface area is 162 Å². The molecule has 0 unspecified atom stereocenters. The Balaban J connectivity index is 2.38. The normalized spacial score (nSPS) is 10.8. The van der Waals surface area contributed by atoms with E-state index in [1.807, 2.05) is 0 Å². The maximum Gasteiger partial charge on any atom is 0.203 e. The Bertz CT molecular complexity index is 805. The van der Waals surface area contributed by atoms with Crippen molar-refractivity contribution >= 4 is 43.7 Å². The SMILES string of the molecule is COc1cc(/C=C/C(=O)c2cc(Br)cc(Br)c2O)cc(OC)c1OC. The van der Waals surface area contributed by atoms with Crippen LogP contribution in [0.4, 0.5) is 0 Å². The first-order chi connectivity index (χ1) is 11.9. The fraction of sp³-hybridized carbons (Fsp3) is 0.167. The molecule has 0 bridgehead atoms. The Morgan fingerprint density at radius 2 is 1.60 bits per heavy atom. The zero-order valence-corrected chi connectivity index (χ0v) is 17.0. The predicted molar refractivity (Wildman–Crippen MR) is 103 cm³/mol. The lowest BCUT2D eigenvalue weighted by molar-refractivity contribution is 0.104. The largest absolute Gasteiger partial charge is 0.506 e. The number of allylic oxidation sites excluding steroid dienone is 1. The highest BCUT2D eigenvalue weighted by Gasteiger charge is 2.14. The molecular weight excluding hydrogens is 456 g/mol. The lowest BCUT2D eigenvalue weighted by Gasteiger charge is -2.12. The minimum atomic E-state index is -0.340. The number of benzene rings is 2. The molecule has 2 aromatic rings. The second kappa shape index (κ2) is 8.40. The summed E-state index contributed by atoms with van der Waals surface area (Å²) in [7, 11) is 4.56. The van der Waals surface area contributed by atoms with Gasteiger partial charge < -0.3 is 19.3 Å². The van der Waals surface area contributed by atoms with Gasteiger partial charge in [0.1, 0.15) is 5.75 Å². The maximum absolute atomic E-state index is 12.4. The van der Waals surface area contributed by atoms with Crippen LogP contribution in [0.25, 0.3) is 6.08 Å². The molecule has 0 spiro atoms. The van der Waals surface area contributed by atoms with E-state index < -0.39 is 0 Å². The van der Waals surface area contributed by atoms with Gasteiger partial charge in [0.15, 0.2) is 17.3 Å². The monoisotopic (exact) mass is 470 g/mol. The Kier molecular flexibility index (Phi) is 6.50. The van der Waals surface area contributed by atoms with Crippen molar-refractivity contribution < 1.29 is 24.1 Å². The van der Waals surface area contributed by atoms with E-state index in [4.69, 9.17) is 14.2 Å². The lowest BCUT2D eigenvalue weighted by atomic mass is 10.1. The smallest absolute Gasteiger partial charge is 0.203 e. The van der Waals surface area contributed by atoms with E-state index in [-0.39, 0.29) is 17.1 Å². The number of hydrogen-bond donors (Lipinski definition) is 1. The molecule has 0 radical (unpaired) electrons. The standard InChI is InChI=1S/C18H16Br2O5/c1-23-15-6-10(7-16(24-2)18(15)25-3)4-5-14(21)12-8-11(19)9-13(20)17(12)22/h4-9,22H,1-3H3/b5-4+. The summed E-state index contributed by atoms with van der Waals surface area (Å²) in [5.41, 5.74) is 0.876. The molecule has 0 saturated heterocycles. The van der Waals surface area contributed by atoms with Crippen LogP contribution in [0.2, 0.25) is 0 Å². The quantitative estimate of drug-likeness (QED) is 0.482. The van der Waals surface area contributed by atoms with Crippen molar-refractivity contribution in [1.29, 1.82) is 0 Å². The fourth-order valence-corrected chi connectivity index (χ4v) is 3.44. The highest BCUT2D eigenvalue weighted by atomic mass is 79.9. The van der Waals surface area contributed by atoms with Gasteiger partial charge in [-0.2, -0.15) is 0 Å². The Morgan fingerprint density at radius 1 is 1.00 bits per heavy atom. The summed E-state index contributed by atoms with van der Waals surface area (Å²) < 4.78 is 17.0. The van der Waals surface area contributed by atoms with Gasteiger partial charge in [-0.1, -0.05) is 22.0 Å². The van der Waals surface area contributed by atoms with Crippen molar-refractivity contribution in [2.24, 2.45) is 0 Å².